The third-order valence-corrected chi connectivity index (χ3v) is 6.38. The summed E-state index contributed by atoms with van der Waals surface area (Å²) in [6.45, 7) is 1.66. The summed E-state index contributed by atoms with van der Waals surface area (Å²) in [7, 11) is 1.88. The van der Waals surface area contributed by atoms with Crippen LogP contribution in [0.1, 0.15) is 63.4 Å². The minimum atomic E-state index is -4.06. The standard InChI is InChI=1S/C25H47N2O5P/c1-27(2,3)19-21-31-33(28,29)32-23-25(26)22-30-20-15-10-8-6-4-5-7-9-12-16-24-17-13-11-14-18-24/h11,13-14,17-18,25H,4-10,12,15-16,19-23,26H2,1-3H3/p+1/t25-/m1/s1. The first-order valence-corrected chi connectivity index (χ1v) is 14.0. The van der Waals surface area contributed by atoms with E-state index in [1.165, 1.54) is 56.9 Å². The van der Waals surface area contributed by atoms with E-state index in [0.717, 1.165) is 12.8 Å². The van der Waals surface area contributed by atoms with Gasteiger partial charge in [-0.05, 0) is 24.8 Å². The van der Waals surface area contributed by atoms with E-state index in [0.29, 0.717) is 24.2 Å². The molecular weight excluding hydrogens is 439 g/mol. The molecule has 0 fully saturated rings. The number of phosphoric ester groups is 1. The number of likely N-dealkylation sites (N-methyl/N-ethyl adjacent to an activating group) is 1. The van der Waals surface area contributed by atoms with Crippen LogP contribution in [0.2, 0.25) is 0 Å². The van der Waals surface area contributed by atoms with Gasteiger partial charge in [0, 0.05) is 6.61 Å². The number of quaternary nitrogens is 1. The molecular formula is C25H48N2O5P+. The molecule has 0 aliphatic carbocycles. The van der Waals surface area contributed by atoms with Gasteiger partial charge in [-0.1, -0.05) is 75.3 Å². The molecule has 7 nitrogen and oxygen atoms in total. The van der Waals surface area contributed by atoms with Crippen LogP contribution in [0.3, 0.4) is 0 Å². The van der Waals surface area contributed by atoms with Crippen molar-refractivity contribution < 1.29 is 27.7 Å². The molecule has 0 radical (unpaired) electrons. The summed E-state index contributed by atoms with van der Waals surface area (Å²) in [4.78, 5) is 9.69. The average Bonchev–Trinajstić information content (AvgIpc) is 2.75. The fourth-order valence-electron chi connectivity index (χ4n) is 3.36. The van der Waals surface area contributed by atoms with Crippen LogP contribution in [0.15, 0.2) is 30.3 Å². The van der Waals surface area contributed by atoms with Crippen LogP contribution in [0.5, 0.6) is 0 Å². The lowest BCUT2D eigenvalue weighted by Crippen LogP contribution is -2.37. The highest BCUT2D eigenvalue weighted by atomic mass is 31.2. The molecule has 3 N–H and O–H groups in total. The monoisotopic (exact) mass is 487 g/mol. The summed E-state index contributed by atoms with van der Waals surface area (Å²) >= 11 is 0. The summed E-state index contributed by atoms with van der Waals surface area (Å²) in [5.74, 6) is 0. The fraction of sp³-hybridized carbons (Fsp3) is 0.760. The predicted octanol–water partition coefficient (Wildman–Crippen LogP) is 4.92. The normalized spacial score (nSPS) is 14.8. The van der Waals surface area contributed by atoms with Gasteiger partial charge in [-0.2, -0.15) is 0 Å². The van der Waals surface area contributed by atoms with E-state index in [1.807, 2.05) is 21.1 Å². The van der Waals surface area contributed by atoms with Crippen LogP contribution in [0.25, 0.3) is 0 Å². The van der Waals surface area contributed by atoms with Gasteiger partial charge in [-0.15, -0.1) is 0 Å². The van der Waals surface area contributed by atoms with E-state index >= 15 is 0 Å². The van der Waals surface area contributed by atoms with E-state index in [9.17, 15) is 9.46 Å². The Hall–Kier alpha value is -0.790. The fourth-order valence-corrected chi connectivity index (χ4v) is 4.12. The van der Waals surface area contributed by atoms with Gasteiger partial charge < -0.3 is 19.8 Å². The quantitative estimate of drug-likeness (QED) is 0.145. The Morgan fingerprint density at radius 2 is 1.42 bits per heavy atom. The Bertz CT molecular complexity index is 639. The van der Waals surface area contributed by atoms with E-state index in [1.54, 1.807) is 0 Å². The highest BCUT2D eigenvalue weighted by molar-refractivity contribution is 7.47. The molecule has 0 bridgehead atoms. The van der Waals surface area contributed by atoms with Gasteiger partial charge in [0.05, 0.1) is 40.4 Å². The summed E-state index contributed by atoms with van der Waals surface area (Å²) in [5, 5.41) is 0. The third-order valence-electron chi connectivity index (χ3n) is 5.40. The molecule has 1 unspecified atom stereocenters. The molecule has 1 aromatic carbocycles. The number of aryl methyl sites for hydroxylation is 1. The maximum absolute atomic E-state index is 11.8. The first-order valence-electron chi connectivity index (χ1n) is 12.5. The highest BCUT2D eigenvalue weighted by Gasteiger charge is 2.23. The number of benzene rings is 1. The van der Waals surface area contributed by atoms with Gasteiger partial charge >= 0.3 is 7.82 Å². The maximum atomic E-state index is 11.8. The van der Waals surface area contributed by atoms with E-state index < -0.39 is 13.9 Å². The minimum Gasteiger partial charge on any atom is -0.380 e. The molecule has 0 saturated carbocycles. The van der Waals surface area contributed by atoms with Crippen molar-refractivity contribution in [3.05, 3.63) is 35.9 Å². The molecule has 1 rings (SSSR count). The van der Waals surface area contributed by atoms with Gasteiger partial charge in [-0.3, -0.25) is 9.05 Å². The molecule has 0 heterocycles. The van der Waals surface area contributed by atoms with E-state index in [4.69, 9.17) is 19.5 Å². The lowest BCUT2D eigenvalue weighted by atomic mass is 10.0. The Balaban J connectivity index is 1.86. The van der Waals surface area contributed by atoms with Crippen molar-refractivity contribution in [2.45, 2.75) is 70.3 Å². The average molecular weight is 488 g/mol. The van der Waals surface area contributed by atoms with Crippen molar-refractivity contribution >= 4 is 7.82 Å². The molecule has 8 heteroatoms. The zero-order chi connectivity index (χ0) is 24.4. The van der Waals surface area contributed by atoms with Crippen molar-refractivity contribution in [2.24, 2.45) is 5.73 Å². The number of hydrogen-bond acceptors (Lipinski definition) is 5. The smallest absolute Gasteiger partial charge is 0.380 e. The summed E-state index contributed by atoms with van der Waals surface area (Å²) in [6, 6.07) is 10.3. The maximum Gasteiger partial charge on any atom is 0.472 e. The molecule has 0 amide bonds. The summed E-state index contributed by atoms with van der Waals surface area (Å²) in [5.41, 5.74) is 7.35. The predicted molar refractivity (Wildman–Crippen MR) is 135 cm³/mol. The van der Waals surface area contributed by atoms with Crippen molar-refractivity contribution in [3.63, 3.8) is 0 Å². The van der Waals surface area contributed by atoms with Crippen molar-refractivity contribution in [1.82, 2.24) is 0 Å². The zero-order valence-corrected chi connectivity index (χ0v) is 22.0. The number of nitrogens with zero attached hydrogens (tertiary/aromatic N) is 1. The number of ether oxygens (including phenoxy) is 1. The minimum absolute atomic E-state index is 0.0660. The van der Waals surface area contributed by atoms with Crippen LogP contribution < -0.4 is 5.73 Å². The Morgan fingerprint density at radius 3 is 2.03 bits per heavy atom. The molecule has 192 valence electrons. The Kier molecular flexibility index (Phi) is 16.1. The van der Waals surface area contributed by atoms with Crippen LogP contribution >= 0.6 is 7.82 Å². The van der Waals surface area contributed by atoms with Gasteiger partial charge in [0.15, 0.2) is 0 Å². The van der Waals surface area contributed by atoms with Gasteiger partial charge in [0.1, 0.15) is 13.2 Å². The lowest BCUT2D eigenvalue weighted by Gasteiger charge is -2.24. The second-order valence-electron chi connectivity index (χ2n) is 9.86. The summed E-state index contributed by atoms with van der Waals surface area (Å²) < 4.78 is 28.0. The Morgan fingerprint density at radius 1 is 0.848 bits per heavy atom. The third kappa shape index (κ3) is 19.2. The summed E-state index contributed by atoms with van der Waals surface area (Å²) in [6.07, 6.45) is 12.5. The molecule has 0 aliphatic rings. The van der Waals surface area contributed by atoms with Crippen LogP contribution in [0, 0.1) is 0 Å². The highest BCUT2D eigenvalue weighted by Crippen LogP contribution is 2.42. The van der Waals surface area contributed by atoms with Gasteiger partial charge in [0.25, 0.3) is 0 Å². The first-order chi connectivity index (χ1) is 15.7. The zero-order valence-electron chi connectivity index (χ0n) is 21.1. The topological polar surface area (TPSA) is 91.0 Å². The molecule has 0 aliphatic heterocycles. The Labute approximate surface area is 201 Å². The molecule has 0 aromatic heterocycles. The number of phosphoric acid groups is 1. The molecule has 33 heavy (non-hydrogen) atoms. The van der Waals surface area contributed by atoms with E-state index in [2.05, 4.69) is 30.3 Å². The van der Waals surface area contributed by atoms with Crippen molar-refractivity contribution in [2.75, 3.05) is 54.1 Å². The number of rotatable bonds is 21. The number of nitrogens with two attached hydrogens (primary N) is 1. The second-order valence-corrected chi connectivity index (χ2v) is 11.3. The first kappa shape index (κ1) is 30.2. The molecule has 0 spiro atoms. The largest absolute Gasteiger partial charge is 0.472 e. The van der Waals surface area contributed by atoms with Crippen LogP contribution in [0.4, 0.5) is 0 Å². The van der Waals surface area contributed by atoms with Crippen molar-refractivity contribution in [1.29, 1.82) is 0 Å². The SMILES string of the molecule is C[N+](C)(C)CCOP(=O)(O)OC[C@H](N)COCCCCCCCCCCCc1ccccc1. The molecule has 1 aromatic rings. The lowest BCUT2D eigenvalue weighted by molar-refractivity contribution is -0.870. The van der Waals surface area contributed by atoms with Crippen molar-refractivity contribution in [3.8, 4) is 0 Å². The van der Waals surface area contributed by atoms with Gasteiger partial charge in [0.2, 0.25) is 0 Å². The van der Waals surface area contributed by atoms with Crippen LogP contribution in [-0.4, -0.2) is 69.5 Å². The second kappa shape index (κ2) is 17.6. The number of unbranched alkanes of at least 4 members (excludes halogenated alkanes) is 8. The molecule has 0 saturated heterocycles. The number of hydrogen-bond donors (Lipinski definition) is 2. The van der Waals surface area contributed by atoms with E-state index in [-0.39, 0.29) is 13.2 Å². The van der Waals surface area contributed by atoms with Gasteiger partial charge in [-0.25, -0.2) is 4.57 Å². The van der Waals surface area contributed by atoms with Crippen LogP contribution in [-0.2, 0) is 24.8 Å². The molecule has 2 atom stereocenters.